The highest BCUT2D eigenvalue weighted by molar-refractivity contribution is 6.08. The van der Waals surface area contributed by atoms with Gasteiger partial charge in [0.25, 0.3) is 0 Å². The molecule has 0 aromatic heterocycles. The number of hydrogen-bond donors (Lipinski definition) is 0. The maximum absolute atomic E-state index is 12.6. The van der Waals surface area contributed by atoms with Gasteiger partial charge < -0.3 is 0 Å². The Morgan fingerprint density at radius 1 is 1.09 bits per heavy atom. The fourth-order valence-electron chi connectivity index (χ4n) is 0.756. The van der Waals surface area contributed by atoms with Crippen LogP contribution in [0, 0.1) is 17.5 Å². The van der Waals surface area contributed by atoms with Crippen LogP contribution in [0.1, 0.15) is 5.56 Å². The maximum Gasteiger partial charge on any atom is 0.164 e. The van der Waals surface area contributed by atoms with E-state index in [1.54, 1.807) is 0 Å². The van der Waals surface area contributed by atoms with Crippen LogP contribution in [0.2, 0.25) is 0 Å². The molecule has 0 spiro atoms. The van der Waals surface area contributed by atoms with Gasteiger partial charge in [-0.15, -0.1) is 0 Å². The molecule has 0 N–H and O–H groups in total. The van der Waals surface area contributed by atoms with E-state index >= 15 is 0 Å². The predicted molar refractivity (Wildman–Crippen MR) is 35.8 cm³/mol. The van der Waals surface area contributed by atoms with Crippen LogP contribution < -0.4 is 0 Å². The zero-order valence-corrected chi connectivity index (χ0v) is 5.57. The van der Waals surface area contributed by atoms with Gasteiger partial charge in [0.2, 0.25) is 0 Å². The van der Waals surface area contributed by atoms with Crippen LogP contribution in [0.25, 0.3) is 0 Å². The summed E-state index contributed by atoms with van der Waals surface area (Å²) in [6.45, 7) is 0. The SMILES string of the molecule is [B]Cc1c(F)ccc(F)c1F. The van der Waals surface area contributed by atoms with Gasteiger partial charge in [-0.05, 0) is 12.1 Å². The summed E-state index contributed by atoms with van der Waals surface area (Å²) in [5.74, 6) is -3.09. The first-order valence-electron chi connectivity index (χ1n) is 2.99. The van der Waals surface area contributed by atoms with Crippen molar-refractivity contribution in [3.8, 4) is 0 Å². The predicted octanol–water partition coefficient (Wildman–Crippen LogP) is 1.77. The summed E-state index contributed by atoms with van der Waals surface area (Å²) >= 11 is 0. The summed E-state index contributed by atoms with van der Waals surface area (Å²) in [4.78, 5) is 0. The van der Waals surface area contributed by atoms with Crippen molar-refractivity contribution in [2.75, 3.05) is 0 Å². The van der Waals surface area contributed by atoms with Crippen molar-refractivity contribution in [1.29, 1.82) is 0 Å². The molecule has 0 heterocycles. The van der Waals surface area contributed by atoms with Gasteiger partial charge in [0.1, 0.15) is 5.82 Å². The van der Waals surface area contributed by atoms with Crippen molar-refractivity contribution in [3.05, 3.63) is 35.1 Å². The second-order valence-corrected chi connectivity index (χ2v) is 2.03. The lowest BCUT2D eigenvalue weighted by atomic mass is 9.96. The molecule has 4 heteroatoms. The minimum Gasteiger partial charge on any atom is -0.207 e. The lowest BCUT2D eigenvalue weighted by molar-refractivity contribution is 0.485. The Morgan fingerprint density at radius 3 is 2.09 bits per heavy atom. The van der Waals surface area contributed by atoms with E-state index < -0.39 is 23.0 Å². The third kappa shape index (κ3) is 1.39. The van der Waals surface area contributed by atoms with Gasteiger partial charge in [0.05, 0.1) is 7.85 Å². The monoisotopic (exact) mass is 156 g/mol. The molecule has 0 amide bonds. The van der Waals surface area contributed by atoms with E-state index in [0.717, 1.165) is 12.1 Å². The Bertz CT molecular complexity index is 273. The minimum absolute atomic E-state index is 0.338. The highest BCUT2D eigenvalue weighted by Crippen LogP contribution is 2.14. The molecule has 0 saturated heterocycles. The standard InChI is InChI=1S/C7H4BF3/c8-3-4-5(9)1-2-6(10)7(4)11/h1-2H,3H2. The molecule has 0 unspecified atom stereocenters. The molecular weight excluding hydrogens is 152 g/mol. The van der Waals surface area contributed by atoms with Crippen molar-refractivity contribution in [2.24, 2.45) is 0 Å². The van der Waals surface area contributed by atoms with Crippen molar-refractivity contribution in [1.82, 2.24) is 0 Å². The fourth-order valence-corrected chi connectivity index (χ4v) is 0.756. The first-order valence-corrected chi connectivity index (χ1v) is 2.99. The van der Waals surface area contributed by atoms with Gasteiger partial charge in [0.15, 0.2) is 11.6 Å². The van der Waals surface area contributed by atoms with Crippen molar-refractivity contribution in [3.63, 3.8) is 0 Å². The molecule has 0 aliphatic heterocycles. The second kappa shape index (κ2) is 2.99. The van der Waals surface area contributed by atoms with E-state index in [1.165, 1.54) is 0 Å². The summed E-state index contributed by atoms with van der Waals surface area (Å²) < 4.78 is 37.5. The quantitative estimate of drug-likeness (QED) is 0.429. The summed E-state index contributed by atoms with van der Waals surface area (Å²) in [6.07, 6.45) is -0.338. The van der Waals surface area contributed by atoms with E-state index in [-0.39, 0.29) is 6.32 Å². The summed E-state index contributed by atoms with van der Waals surface area (Å²) in [6, 6.07) is 1.57. The van der Waals surface area contributed by atoms with Crippen LogP contribution in [-0.4, -0.2) is 7.85 Å². The Morgan fingerprint density at radius 2 is 1.64 bits per heavy atom. The summed E-state index contributed by atoms with van der Waals surface area (Å²) in [5.41, 5.74) is -0.412. The third-order valence-corrected chi connectivity index (χ3v) is 1.34. The second-order valence-electron chi connectivity index (χ2n) is 2.03. The Hall–Kier alpha value is -0.925. The van der Waals surface area contributed by atoms with Crippen LogP contribution in [0.15, 0.2) is 12.1 Å². The van der Waals surface area contributed by atoms with Gasteiger partial charge >= 0.3 is 0 Å². The number of benzene rings is 1. The molecule has 0 atom stereocenters. The molecule has 0 fully saturated rings. The molecular formula is C7H4BF3. The van der Waals surface area contributed by atoms with Crippen LogP contribution in [0.4, 0.5) is 13.2 Å². The molecule has 0 nitrogen and oxygen atoms in total. The van der Waals surface area contributed by atoms with E-state index in [9.17, 15) is 13.2 Å². The molecule has 56 valence electrons. The Labute approximate surface area is 63.4 Å². The van der Waals surface area contributed by atoms with Crippen LogP contribution in [0.5, 0.6) is 0 Å². The lowest BCUT2D eigenvalue weighted by Crippen LogP contribution is -1.98. The van der Waals surface area contributed by atoms with Crippen molar-refractivity contribution < 1.29 is 13.2 Å². The molecule has 0 bridgehead atoms. The molecule has 0 aliphatic carbocycles. The van der Waals surface area contributed by atoms with E-state index in [0.29, 0.717) is 0 Å². The molecule has 1 aromatic rings. The number of halogens is 3. The van der Waals surface area contributed by atoms with Gasteiger partial charge in [-0.1, -0.05) is 6.32 Å². The lowest BCUT2D eigenvalue weighted by Gasteiger charge is -2.01. The highest BCUT2D eigenvalue weighted by atomic mass is 19.2. The smallest absolute Gasteiger partial charge is 0.164 e. The molecule has 1 rings (SSSR count). The topological polar surface area (TPSA) is 0 Å². The zero-order chi connectivity index (χ0) is 8.43. The third-order valence-electron chi connectivity index (χ3n) is 1.34. The average molecular weight is 156 g/mol. The number of hydrogen-bond acceptors (Lipinski definition) is 0. The van der Waals surface area contributed by atoms with Gasteiger partial charge in [0, 0.05) is 5.56 Å². The summed E-state index contributed by atoms with van der Waals surface area (Å²) in [7, 11) is 4.97. The van der Waals surface area contributed by atoms with Crippen LogP contribution >= 0.6 is 0 Å². The van der Waals surface area contributed by atoms with Gasteiger partial charge in [-0.2, -0.15) is 0 Å². The van der Waals surface area contributed by atoms with E-state index in [4.69, 9.17) is 7.85 Å². The first-order chi connectivity index (χ1) is 5.16. The normalized spacial score (nSPS) is 10.1. The highest BCUT2D eigenvalue weighted by Gasteiger charge is 2.10. The zero-order valence-electron chi connectivity index (χ0n) is 5.57. The van der Waals surface area contributed by atoms with Crippen LogP contribution in [-0.2, 0) is 6.32 Å². The Balaban J connectivity index is 3.29. The minimum atomic E-state index is -1.20. The molecule has 0 saturated carbocycles. The molecule has 11 heavy (non-hydrogen) atoms. The van der Waals surface area contributed by atoms with E-state index in [2.05, 4.69) is 0 Å². The van der Waals surface area contributed by atoms with Gasteiger partial charge in [-0.25, -0.2) is 13.2 Å². The first kappa shape index (κ1) is 8.17. The van der Waals surface area contributed by atoms with E-state index in [1.807, 2.05) is 0 Å². The van der Waals surface area contributed by atoms with Crippen LogP contribution in [0.3, 0.4) is 0 Å². The molecule has 1 aromatic carbocycles. The maximum atomic E-state index is 12.6. The largest absolute Gasteiger partial charge is 0.207 e. The number of rotatable bonds is 1. The average Bonchev–Trinajstić information content (AvgIpc) is 1.99. The van der Waals surface area contributed by atoms with Crippen molar-refractivity contribution >= 4 is 7.85 Å². The Kier molecular flexibility index (Phi) is 2.22. The van der Waals surface area contributed by atoms with Gasteiger partial charge in [-0.3, -0.25) is 0 Å². The van der Waals surface area contributed by atoms with Crippen molar-refractivity contribution in [2.45, 2.75) is 6.32 Å². The fraction of sp³-hybridized carbons (Fsp3) is 0.143. The summed E-state index contributed by atoms with van der Waals surface area (Å²) in [5, 5.41) is 0. The molecule has 0 aliphatic rings. The molecule has 2 radical (unpaired) electrons.